The molecule has 0 aliphatic rings. The number of hydrogen-bond donors (Lipinski definition) is 1. The van der Waals surface area contributed by atoms with Crippen molar-refractivity contribution in [2.45, 2.75) is 6.04 Å². The molecule has 1 unspecified atom stereocenters. The Labute approximate surface area is 120 Å². The largest absolute Gasteiger partial charge is 0.466 e. The fourth-order valence-electron chi connectivity index (χ4n) is 1.38. The van der Waals surface area contributed by atoms with Crippen molar-refractivity contribution in [2.24, 2.45) is 5.73 Å². The second-order valence-electron chi connectivity index (χ2n) is 3.28. The lowest BCUT2D eigenvalue weighted by atomic mass is 10.1. The van der Waals surface area contributed by atoms with Crippen LogP contribution in [0, 0.1) is 3.57 Å². The van der Waals surface area contributed by atoms with E-state index in [0.29, 0.717) is 10.8 Å². The van der Waals surface area contributed by atoms with E-state index in [9.17, 15) is 0 Å². The summed E-state index contributed by atoms with van der Waals surface area (Å²) in [7, 11) is 0. The highest BCUT2D eigenvalue weighted by atomic mass is 127. The number of rotatable bonds is 2. The van der Waals surface area contributed by atoms with Crippen molar-refractivity contribution < 1.29 is 4.42 Å². The zero-order valence-electron chi connectivity index (χ0n) is 8.08. The molecule has 1 atom stereocenters. The maximum Gasteiger partial charge on any atom is 0.139 e. The minimum Gasteiger partial charge on any atom is -0.466 e. The molecule has 2 N–H and O–H groups in total. The minimum atomic E-state index is -0.307. The normalized spacial score (nSPS) is 12.8. The summed E-state index contributed by atoms with van der Waals surface area (Å²) in [5.74, 6) is 0.706. The van der Waals surface area contributed by atoms with Crippen molar-refractivity contribution in [1.29, 1.82) is 0 Å². The van der Waals surface area contributed by atoms with Crippen LogP contribution in [0.3, 0.4) is 0 Å². The molecule has 0 aliphatic carbocycles. The topological polar surface area (TPSA) is 39.2 Å². The minimum absolute atomic E-state index is 0.307. The Balaban J connectivity index is 2.38. The van der Waals surface area contributed by atoms with E-state index >= 15 is 0 Å². The van der Waals surface area contributed by atoms with Gasteiger partial charge < -0.3 is 10.2 Å². The lowest BCUT2D eigenvalue weighted by molar-refractivity contribution is 0.487. The van der Waals surface area contributed by atoms with Gasteiger partial charge in [0.1, 0.15) is 5.76 Å². The zero-order valence-corrected chi connectivity index (χ0v) is 12.6. The first-order valence-electron chi connectivity index (χ1n) is 4.53. The van der Waals surface area contributed by atoms with Crippen LogP contribution < -0.4 is 5.73 Å². The molecule has 0 amide bonds. The van der Waals surface area contributed by atoms with E-state index in [1.807, 2.05) is 24.3 Å². The highest BCUT2D eigenvalue weighted by Gasteiger charge is 2.16. The van der Waals surface area contributed by atoms with Gasteiger partial charge in [0.15, 0.2) is 0 Å². The van der Waals surface area contributed by atoms with E-state index in [2.05, 4.69) is 38.5 Å². The van der Waals surface area contributed by atoms with Gasteiger partial charge in [0.05, 0.1) is 21.8 Å². The summed E-state index contributed by atoms with van der Waals surface area (Å²) < 4.78 is 7.21. The highest BCUT2D eigenvalue weighted by molar-refractivity contribution is 14.1. The van der Waals surface area contributed by atoms with Gasteiger partial charge in [0.2, 0.25) is 0 Å². The van der Waals surface area contributed by atoms with Crippen molar-refractivity contribution >= 4 is 50.1 Å². The second kappa shape index (κ2) is 5.08. The van der Waals surface area contributed by atoms with Crippen molar-refractivity contribution in [1.82, 2.24) is 0 Å². The van der Waals surface area contributed by atoms with Gasteiger partial charge in [-0.15, -0.1) is 0 Å². The van der Waals surface area contributed by atoms with Crippen molar-refractivity contribution in [3.05, 3.63) is 54.9 Å². The molecule has 2 nitrogen and oxygen atoms in total. The van der Waals surface area contributed by atoms with Gasteiger partial charge in [-0.3, -0.25) is 0 Å². The summed E-state index contributed by atoms with van der Waals surface area (Å²) in [6, 6.07) is 7.27. The molecule has 0 radical (unpaired) electrons. The lowest BCUT2D eigenvalue weighted by Crippen LogP contribution is -2.11. The van der Waals surface area contributed by atoms with Crippen LogP contribution in [-0.4, -0.2) is 0 Å². The molecule has 5 heteroatoms. The van der Waals surface area contributed by atoms with Crippen LogP contribution in [0.2, 0.25) is 5.02 Å². The Morgan fingerprint density at radius 3 is 2.69 bits per heavy atom. The van der Waals surface area contributed by atoms with Crippen molar-refractivity contribution in [3.63, 3.8) is 0 Å². The van der Waals surface area contributed by atoms with Crippen LogP contribution in [-0.2, 0) is 0 Å². The smallest absolute Gasteiger partial charge is 0.139 e. The third-order valence-corrected chi connectivity index (χ3v) is 4.46. The first kappa shape index (κ1) is 12.4. The van der Waals surface area contributed by atoms with Gasteiger partial charge in [-0.1, -0.05) is 17.7 Å². The summed E-state index contributed by atoms with van der Waals surface area (Å²) in [6.07, 6.45) is 1.60. The van der Waals surface area contributed by atoms with E-state index < -0.39 is 0 Å². The molecule has 0 saturated heterocycles. The first-order chi connectivity index (χ1) is 7.59. The van der Waals surface area contributed by atoms with Gasteiger partial charge in [0, 0.05) is 3.57 Å². The van der Waals surface area contributed by atoms with E-state index in [4.69, 9.17) is 21.8 Å². The predicted octanol–water partition coefficient (Wildman–Crippen LogP) is 4.35. The van der Waals surface area contributed by atoms with Crippen LogP contribution >= 0.6 is 50.1 Å². The van der Waals surface area contributed by atoms with Gasteiger partial charge in [-0.25, -0.2) is 0 Å². The van der Waals surface area contributed by atoms with Crippen LogP contribution in [0.5, 0.6) is 0 Å². The molecule has 0 fully saturated rings. The molecule has 2 rings (SSSR count). The standard InChI is InChI=1S/C11H8BrClINO/c12-7-3-4-16-11(7)10(15)6-1-2-9(14)8(13)5-6/h1-5,10H,15H2. The Morgan fingerprint density at radius 1 is 1.38 bits per heavy atom. The summed E-state index contributed by atoms with van der Waals surface area (Å²) in [5.41, 5.74) is 7.03. The molecule has 16 heavy (non-hydrogen) atoms. The molecule has 0 spiro atoms. The van der Waals surface area contributed by atoms with Gasteiger partial charge in [-0.2, -0.15) is 0 Å². The Morgan fingerprint density at radius 2 is 2.12 bits per heavy atom. The number of nitrogens with two attached hydrogens (primary N) is 1. The SMILES string of the molecule is NC(c1ccc(I)c(Cl)c1)c1occc1Br. The van der Waals surface area contributed by atoms with Crippen LogP contribution in [0.25, 0.3) is 0 Å². The number of halogens is 3. The molecule has 0 saturated carbocycles. The molecule has 1 heterocycles. The quantitative estimate of drug-likeness (QED) is 0.745. The van der Waals surface area contributed by atoms with Gasteiger partial charge >= 0.3 is 0 Å². The maximum atomic E-state index is 6.10. The molecular weight excluding hydrogens is 404 g/mol. The lowest BCUT2D eigenvalue weighted by Gasteiger charge is -2.10. The molecule has 0 bridgehead atoms. The van der Waals surface area contributed by atoms with E-state index in [1.165, 1.54) is 0 Å². The second-order valence-corrected chi connectivity index (χ2v) is 5.71. The Hall–Kier alpha value is -0.0400. The average Bonchev–Trinajstić information content (AvgIpc) is 2.67. The molecule has 2 aromatic rings. The van der Waals surface area contributed by atoms with Crippen molar-refractivity contribution in [2.75, 3.05) is 0 Å². The highest BCUT2D eigenvalue weighted by Crippen LogP contribution is 2.30. The van der Waals surface area contributed by atoms with Crippen LogP contribution in [0.4, 0.5) is 0 Å². The van der Waals surface area contributed by atoms with Gasteiger partial charge in [-0.05, 0) is 62.3 Å². The third kappa shape index (κ3) is 2.45. The number of furan rings is 1. The molecule has 1 aromatic carbocycles. The predicted molar refractivity (Wildman–Crippen MR) is 76.6 cm³/mol. The summed E-state index contributed by atoms with van der Waals surface area (Å²) in [5, 5.41) is 0.705. The fourth-order valence-corrected chi connectivity index (χ4v) is 2.36. The van der Waals surface area contributed by atoms with E-state index in [1.54, 1.807) is 6.26 Å². The third-order valence-electron chi connectivity index (χ3n) is 2.23. The molecule has 1 aromatic heterocycles. The zero-order chi connectivity index (χ0) is 11.7. The van der Waals surface area contributed by atoms with Crippen LogP contribution in [0.1, 0.15) is 17.4 Å². The maximum absolute atomic E-state index is 6.10. The Kier molecular flexibility index (Phi) is 3.94. The first-order valence-corrected chi connectivity index (χ1v) is 6.78. The summed E-state index contributed by atoms with van der Waals surface area (Å²) in [4.78, 5) is 0. The molecular formula is C11H8BrClINO. The summed E-state index contributed by atoms with van der Waals surface area (Å²) >= 11 is 11.6. The molecule has 84 valence electrons. The average molecular weight is 412 g/mol. The number of benzene rings is 1. The van der Waals surface area contributed by atoms with Crippen LogP contribution in [0.15, 0.2) is 39.4 Å². The number of hydrogen-bond acceptors (Lipinski definition) is 2. The van der Waals surface area contributed by atoms with E-state index in [-0.39, 0.29) is 6.04 Å². The Bertz CT molecular complexity index is 514. The molecule has 0 aliphatic heterocycles. The van der Waals surface area contributed by atoms with E-state index in [0.717, 1.165) is 13.6 Å². The fraction of sp³-hybridized carbons (Fsp3) is 0.0909. The summed E-state index contributed by atoms with van der Waals surface area (Å²) in [6.45, 7) is 0. The monoisotopic (exact) mass is 411 g/mol. The van der Waals surface area contributed by atoms with Crippen molar-refractivity contribution in [3.8, 4) is 0 Å². The van der Waals surface area contributed by atoms with Gasteiger partial charge in [0.25, 0.3) is 0 Å².